The van der Waals surface area contributed by atoms with Crippen molar-refractivity contribution >= 4 is 13.8 Å². The van der Waals surface area contributed by atoms with Crippen LogP contribution in [0.2, 0.25) is 0 Å². The molecule has 0 aromatic rings. The molecule has 9 heteroatoms. The topological polar surface area (TPSA) is 91.3 Å². The van der Waals surface area contributed by atoms with Crippen LogP contribution in [0.5, 0.6) is 0 Å². The molecule has 0 aromatic heterocycles. The molecular formula is C44H79NO7P+. The summed E-state index contributed by atoms with van der Waals surface area (Å²) in [5, 5.41) is 0. The van der Waals surface area contributed by atoms with Crippen LogP contribution >= 0.6 is 7.82 Å². The first kappa shape index (κ1) is 50.9. The van der Waals surface area contributed by atoms with Crippen molar-refractivity contribution in [2.24, 2.45) is 0 Å². The van der Waals surface area contributed by atoms with Crippen LogP contribution in [0.4, 0.5) is 0 Å². The molecule has 2 atom stereocenters. The fourth-order valence-corrected chi connectivity index (χ4v) is 5.85. The molecule has 0 aliphatic carbocycles. The zero-order valence-corrected chi connectivity index (χ0v) is 35.4. The molecule has 0 amide bonds. The number of carbonyl (C=O) groups is 1. The maximum absolute atomic E-state index is 12.6. The van der Waals surface area contributed by atoms with E-state index >= 15 is 0 Å². The van der Waals surface area contributed by atoms with Crippen LogP contribution in [-0.4, -0.2) is 75.6 Å². The Kier molecular flexibility index (Phi) is 35.5. The van der Waals surface area contributed by atoms with E-state index in [4.69, 9.17) is 18.5 Å². The zero-order valence-electron chi connectivity index (χ0n) is 34.5. The molecule has 0 spiro atoms. The molecule has 1 N–H and O–H groups in total. The number of nitrogens with zero attached hydrogens (tertiary/aromatic N) is 1. The maximum Gasteiger partial charge on any atom is 0.472 e. The number of likely N-dealkylation sites (N-methyl/N-ethyl adjacent to an activating group) is 1. The van der Waals surface area contributed by atoms with E-state index in [0.29, 0.717) is 24.1 Å². The highest BCUT2D eigenvalue weighted by molar-refractivity contribution is 7.47. The van der Waals surface area contributed by atoms with Crippen molar-refractivity contribution in [2.45, 2.75) is 148 Å². The highest BCUT2D eigenvalue weighted by atomic mass is 31.2. The Morgan fingerprint density at radius 2 is 1.06 bits per heavy atom. The van der Waals surface area contributed by atoms with Crippen molar-refractivity contribution in [1.82, 2.24) is 0 Å². The van der Waals surface area contributed by atoms with E-state index in [0.717, 1.165) is 51.4 Å². The van der Waals surface area contributed by atoms with Crippen LogP contribution < -0.4 is 0 Å². The van der Waals surface area contributed by atoms with Crippen LogP contribution in [0.3, 0.4) is 0 Å². The first-order valence-corrected chi connectivity index (χ1v) is 22.2. The molecule has 8 nitrogen and oxygen atoms in total. The van der Waals surface area contributed by atoms with Gasteiger partial charge in [-0.25, -0.2) is 4.57 Å². The molecule has 0 fully saturated rings. The Bertz CT molecular complexity index is 1070. The molecule has 0 bridgehead atoms. The average molecular weight is 765 g/mol. The molecule has 0 rings (SSSR count). The second kappa shape index (κ2) is 36.9. The Balaban J connectivity index is 4.41. The average Bonchev–Trinajstić information content (AvgIpc) is 3.11. The van der Waals surface area contributed by atoms with E-state index in [1.54, 1.807) is 0 Å². The third kappa shape index (κ3) is 41.0. The van der Waals surface area contributed by atoms with Gasteiger partial charge in [-0.15, -0.1) is 0 Å². The van der Waals surface area contributed by atoms with Gasteiger partial charge in [-0.05, 0) is 51.4 Å². The number of hydrogen-bond acceptors (Lipinski definition) is 6. The number of carbonyl (C=O) groups excluding carboxylic acids is 1. The molecule has 0 saturated heterocycles. The maximum atomic E-state index is 12.6. The molecule has 0 heterocycles. The largest absolute Gasteiger partial charge is 0.472 e. The summed E-state index contributed by atoms with van der Waals surface area (Å²) in [7, 11) is 1.61. The van der Waals surface area contributed by atoms with Gasteiger partial charge < -0.3 is 18.9 Å². The third-order valence-electron chi connectivity index (χ3n) is 8.30. The summed E-state index contributed by atoms with van der Waals surface area (Å²) in [5.74, 6) is -0.397. The molecule has 0 aromatic carbocycles. The second-order valence-electron chi connectivity index (χ2n) is 14.6. The first-order chi connectivity index (χ1) is 25.6. The van der Waals surface area contributed by atoms with Gasteiger partial charge in [0.2, 0.25) is 0 Å². The van der Waals surface area contributed by atoms with E-state index in [9.17, 15) is 14.3 Å². The predicted octanol–water partition coefficient (Wildman–Crippen LogP) is 11.9. The molecule has 2 unspecified atom stereocenters. The second-order valence-corrected chi connectivity index (χ2v) is 16.1. The molecule has 0 saturated carbocycles. The molecule has 53 heavy (non-hydrogen) atoms. The summed E-state index contributed by atoms with van der Waals surface area (Å²) in [6.45, 7) is 5.38. The Morgan fingerprint density at radius 3 is 1.53 bits per heavy atom. The van der Waals surface area contributed by atoms with Crippen LogP contribution in [0.1, 0.15) is 142 Å². The van der Waals surface area contributed by atoms with E-state index in [1.165, 1.54) is 64.2 Å². The van der Waals surface area contributed by atoms with Crippen molar-refractivity contribution in [1.29, 1.82) is 0 Å². The van der Waals surface area contributed by atoms with Crippen LogP contribution in [0.15, 0.2) is 72.9 Å². The van der Waals surface area contributed by atoms with Crippen molar-refractivity contribution in [3.63, 3.8) is 0 Å². The van der Waals surface area contributed by atoms with Gasteiger partial charge >= 0.3 is 13.8 Å². The normalized spacial score (nSPS) is 14.6. The van der Waals surface area contributed by atoms with Gasteiger partial charge in [-0.2, -0.15) is 0 Å². The number of unbranched alkanes of at least 4 members (excludes halogenated alkanes) is 11. The van der Waals surface area contributed by atoms with Gasteiger partial charge in [0.1, 0.15) is 19.3 Å². The standard InChI is InChI=1S/C44H78NO7P/c1-6-8-10-12-14-16-18-20-21-22-23-24-25-26-27-29-31-33-35-37-44(46)52-43(42-51-53(47,48)50-40-38-45(3,4)5)41-49-39-36-34-32-30-28-19-17-15-13-11-9-7-2/h8,10,14,16,20-21,23-24,26-27,31,33,43H,6-7,9,11-13,15,17-19,22,25,28-30,32,34-42H2,1-5H3/p+1/b10-8-,16-14-,21-20-,24-23-,27-26-,33-31-. The lowest BCUT2D eigenvalue weighted by Crippen LogP contribution is -2.37. The van der Waals surface area contributed by atoms with Gasteiger partial charge in [0.15, 0.2) is 0 Å². The molecule has 0 radical (unpaired) electrons. The minimum absolute atomic E-state index is 0.0726. The van der Waals surface area contributed by atoms with Gasteiger partial charge in [0, 0.05) is 13.0 Å². The molecule has 0 aliphatic rings. The lowest BCUT2D eigenvalue weighted by molar-refractivity contribution is -0.870. The van der Waals surface area contributed by atoms with Crippen molar-refractivity contribution in [3.05, 3.63) is 72.9 Å². The number of rotatable bonds is 37. The van der Waals surface area contributed by atoms with Gasteiger partial charge in [0.25, 0.3) is 0 Å². The first-order valence-electron chi connectivity index (χ1n) is 20.7. The van der Waals surface area contributed by atoms with E-state index in [1.807, 2.05) is 33.3 Å². The quantitative estimate of drug-likeness (QED) is 0.0221. The van der Waals surface area contributed by atoms with Crippen molar-refractivity contribution in [2.75, 3.05) is 54.1 Å². The van der Waals surface area contributed by atoms with E-state index in [-0.39, 0.29) is 26.2 Å². The lowest BCUT2D eigenvalue weighted by Gasteiger charge is -2.24. The van der Waals surface area contributed by atoms with Crippen LogP contribution in [-0.2, 0) is 27.9 Å². The fourth-order valence-electron chi connectivity index (χ4n) is 5.11. The lowest BCUT2D eigenvalue weighted by atomic mass is 10.1. The van der Waals surface area contributed by atoms with E-state index < -0.39 is 19.9 Å². The summed E-state index contributed by atoms with van der Waals surface area (Å²) in [4.78, 5) is 22.8. The monoisotopic (exact) mass is 765 g/mol. The summed E-state index contributed by atoms with van der Waals surface area (Å²) in [6.07, 6.45) is 46.6. The van der Waals surface area contributed by atoms with Crippen molar-refractivity contribution in [3.8, 4) is 0 Å². The number of quaternary nitrogens is 1. The van der Waals surface area contributed by atoms with Crippen LogP contribution in [0.25, 0.3) is 0 Å². The highest BCUT2D eigenvalue weighted by Gasteiger charge is 2.26. The number of allylic oxidation sites excluding steroid dienone is 12. The van der Waals surface area contributed by atoms with Crippen LogP contribution in [0, 0.1) is 0 Å². The summed E-state index contributed by atoms with van der Waals surface area (Å²) in [6, 6.07) is 0. The Hall–Kier alpha value is -2.06. The SMILES string of the molecule is CC/C=C\C/C=C\C/C=C\C/C=C\C/C=C\C/C=C\CCC(=O)OC(COCCCCCCCCCCCCCC)COP(=O)(O)OCC[N+](C)(C)C. The van der Waals surface area contributed by atoms with Gasteiger partial charge in [0.05, 0.1) is 34.4 Å². The van der Waals surface area contributed by atoms with Gasteiger partial charge in [-0.3, -0.25) is 13.8 Å². The Morgan fingerprint density at radius 1 is 0.604 bits per heavy atom. The van der Waals surface area contributed by atoms with Crippen molar-refractivity contribution < 1.29 is 37.3 Å². The molecule has 306 valence electrons. The zero-order chi connectivity index (χ0) is 39.1. The fraction of sp³-hybridized carbons (Fsp3) is 0.705. The summed E-state index contributed by atoms with van der Waals surface area (Å²) in [5.41, 5.74) is 0. The number of phosphoric acid groups is 1. The Labute approximate surface area is 325 Å². The minimum Gasteiger partial charge on any atom is -0.457 e. The predicted molar refractivity (Wildman–Crippen MR) is 224 cm³/mol. The minimum atomic E-state index is -4.29. The number of esters is 1. The molecule has 0 aliphatic heterocycles. The highest BCUT2D eigenvalue weighted by Crippen LogP contribution is 2.43. The number of ether oxygens (including phenoxy) is 2. The number of hydrogen-bond donors (Lipinski definition) is 1. The van der Waals surface area contributed by atoms with E-state index in [2.05, 4.69) is 74.6 Å². The molecular weight excluding hydrogens is 685 g/mol. The summed E-state index contributed by atoms with van der Waals surface area (Å²) < 4.78 is 34.8. The summed E-state index contributed by atoms with van der Waals surface area (Å²) >= 11 is 0. The van der Waals surface area contributed by atoms with Gasteiger partial charge in [-0.1, -0.05) is 157 Å². The number of phosphoric ester groups is 1. The third-order valence-corrected chi connectivity index (χ3v) is 9.28. The smallest absolute Gasteiger partial charge is 0.457 e.